The number of hydrogen-bond acceptors (Lipinski definition) is 2. The van der Waals surface area contributed by atoms with Crippen LogP contribution in [-0.2, 0) is 11.2 Å². The summed E-state index contributed by atoms with van der Waals surface area (Å²) in [6.07, 6.45) is 0.0125. The molecule has 0 spiro atoms. The first-order valence-corrected chi connectivity index (χ1v) is 5.03. The second kappa shape index (κ2) is 5.51. The zero-order valence-electron chi connectivity index (χ0n) is 8.76. The monoisotopic (exact) mass is 208 g/mol. The molecule has 1 aromatic rings. The van der Waals surface area contributed by atoms with Gasteiger partial charge in [-0.25, -0.2) is 0 Å². The van der Waals surface area contributed by atoms with Gasteiger partial charge in [-0.15, -0.1) is 0 Å². The van der Waals surface area contributed by atoms with E-state index in [9.17, 15) is 9.90 Å². The van der Waals surface area contributed by atoms with Crippen LogP contribution in [0.1, 0.15) is 18.9 Å². The van der Waals surface area contributed by atoms with Crippen LogP contribution in [0.15, 0.2) is 30.3 Å². The number of carbonyl (C=O) groups is 1. The summed E-state index contributed by atoms with van der Waals surface area (Å²) >= 11 is 0. The number of hydrogen-bond donors (Lipinski definition) is 2. The third kappa shape index (κ3) is 4.13. The molecule has 0 fully saturated rings. The minimum atomic E-state index is -0.864. The number of benzene rings is 1. The fraction of sp³-hybridized carbons (Fsp3) is 0.417. The first-order valence-electron chi connectivity index (χ1n) is 5.03. The normalized spacial score (nSPS) is 14.5. The van der Waals surface area contributed by atoms with Crippen molar-refractivity contribution in [3.8, 4) is 0 Å². The van der Waals surface area contributed by atoms with Crippen LogP contribution in [0.5, 0.6) is 0 Å². The molecule has 0 aliphatic rings. The Morgan fingerprint density at radius 2 is 1.93 bits per heavy atom. The van der Waals surface area contributed by atoms with E-state index in [0.29, 0.717) is 6.42 Å². The van der Waals surface area contributed by atoms with Crippen LogP contribution in [0.4, 0.5) is 0 Å². The van der Waals surface area contributed by atoms with Gasteiger partial charge in [0.1, 0.15) is 0 Å². The Balaban J connectivity index is 2.63. The van der Waals surface area contributed by atoms with E-state index in [2.05, 4.69) is 0 Å². The number of carboxylic acid groups (broad SMARTS) is 1. The molecule has 15 heavy (non-hydrogen) atoms. The second-order valence-electron chi connectivity index (χ2n) is 3.79. The Morgan fingerprint density at radius 1 is 1.33 bits per heavy atom. The lowest BCUT2D eigenvalue weighted by Gasteiger charge is -2.17. The highest BCUT2D eigenvalue weighted by Gasteiger charge is 2.18. The number of aliphatic hydroxyl groups excluding tert-OH is 1. The van der Waals surface area contributed by atoms with Gasteiger partial charge in [-0.2, -0.15) is 0 Å². The van der Waals surface area contributed by atoms with E-state index in [1.54, 1.807) is 6.92 Å². The maximum atomic E-state index is 10.6. The molecule has 0 saturated carbocycles. The van der Waals surface area contributed by atoms with Gasteiger partial charge in [0.15, 0.2) is 0 Å². The highest BCUT2D eigenvalue weighted by Crippen LogP contribution is 2.16. The zero-order chi connectivity index (χ0) is 11.3. The third-order valence-electron chi connectivity index (χ3n) is 2.46. The van der Waals surface area contributed by atoms with Crippen LogP contribution < -0.4 is 0 Å². The molecule has 0 bridgehead atoms. The molecule has 0 heterocycles. The van der Waals surface area contributed by atoms with Crippen molar-refractivity contribution in [1.82, 2.24) is 0 Å². The maximum absolute atomic E-state index is 10.6. The zero-order valence-corrected chi connectivity index (χ0v) is 8.76. The van der Waals surface area contributed by atoms with E-state index in [4.69, 9.17) is 5.11 Å². The molecular formula is C12H16O3. The Bertz CT molecular complexity index is 306. The lowest BCUT2D eigenvalue weighted by molar-refractivity contribution is -0.139. The van der Waals surface area contributed by atoms with Crippen LogP contribution in [0.3, 0.4) is 0 Å². The van der Waals surface area contributed by atoms with Crippen molar-refractivity contribution in [2.45, 2.75) is 25.9 Å². The van der Waals surface area contributed by atoms with Gasteiger partial charge in [0, 0.05) is 0 Å². The van der Waals surface area contributed by atoms with Crippen LogP contribution in [0, 0.1) is 5.92 Å². The number of rotatable bonds is 5. The molecule has 0 aliphatic carbocycles. The maximum Gasteiger partial charge on any atom is 0.303 e. The summed E-state index contributed by atoms with van der Waals surface area (Å²) in [6.45, 7) is 1.64. The van der Waals surface area contributed by atoms with Crippen molar-refractivity contribution in [3.63, 3.8) is 0 Å². The molecule has 0 saturated heterocycles. The summed E-state index contributed by atoms with van der Waals surface area (Å²) < 4.78 is 0. The summed E-state index contributed by atoms with van der Waals surface area (Å²) in [4.78, 5) is 10.6. The quantitative estimate of drug-likeness (QED) is 0.774. The lowest BCUT2D eigenvalue weighted by atomic mass is 9.92. The number of aliphatic carboxylic acids is 1. The highest BCUT2D eigenvalue weighted by molar-refractivity contribution is 5.67. The smallest absolute Gasteiger partial charge is 0.303 e. The summed E-state index contributed by atoms with van der Waals surface area (Å²) in [6, 6.07) is 9.62. The lowest BCUT2D eigenvalue weighted by Crippen LogP contribution is -2.22. The first-order chi connectivity index (χ1) is 7.09. The number of aliphatic hydroxyl groups is 1. The molecule has 2 unspecified atom stereocenters. The second-order valence-corrected chi connectivity index (χ2v) is 3.79. The highest BCUT2D eigenvalue weighted by atomic mass is 16.4. The molecule has 0 aliphatic heterocycles. The Labute approximate surface area is 89.4 Å². The molecule has 3 heteroatoms. The van der Waals surface area contributed by atoms with Crippen molar-refractivity contribution in [2.24, 2.45) is 5.92 Å². The van der Waals surface area contributed by atoms with Gasteiger partial charge in [-0.1, -0.05) is 30.3 Å². The largest absolute Gasteiger partial charge is 0.481 e. The molecule has 1 rings (SSSR count). The molecule has 0 amide bonds. The van der Waals surface area contributed by atoms with Crippen LogP contribution in [-0.4, -0.2) is 22.3 Å². The van der Waals surface area contributed by atoms with Crippen molar-refractivity contribution in [3.05, 3.63) is 35.9 Å². The topological polar surface area (TPSA) is 57.5 Å². The molecule has 1 aromatic carbocycles. The molecule has 0 aromatic heterocycles. The fourth-order valence-electron chi connectivity index (χ4n) is 1.55. The number of carboxylic acids is 1. The van der Waals surface area contributed by atoms with E-state index in [1.165, 1.54) is 0 Å². The Kier molecular flexibility index (Phi) is 4.31. The summed E-state index contributed by atoms with van der Waals surface area (Å²) in [5, 5.41) is 18.2. The predicted molar refractivity (Wildman–Crippen MR) is 57.6 cm³/mol. The van der Waals surface area contributed by atoms with Gasteiger partial charge in [-0.3, -0.25) is 4.79 Å². The van der Waals surface area contributed by atoms with Crippen molar-refractivity contribution in [1.29, 1.82) is 0 Å². The van der Waals surface area contributed by atoms with Gasteiger partial charge in [0.2, 0.25) is 0 Å². The van der Waals surface area contributed by atoms with Crippen molar-refractivity contribution < 1.29 is 15.0 Å². The van der Waals surface area contributed by atoms with Crippen molar-refractivity contribution in [2.75, 3.05) is 0 Å². The van der Waals surface area contributed by atoms with Crippen LogP contribution >= 0.6 is 0 Å². The van der Waals surface area contributed by atoms with E-state index in [-0.39, 0.29) is 12.3 Å². The SMILES string of the molecule is CC(O)C(CC(=O)O)Cc1ccccc1. The Hall–Kier alpha value is -1.35. The fourth-order valence-corrected chi connectivity index (χ4v) is 1.55. The van der Waals surface area contributed by atoms with E-state index >= 15 is 0 Å². The Morgan fingerprint density at radius 3 is 2.40 bits per heavy atom. The summed E-state index contributed by atoms with van der Waals surface area (Å²) in [7, 11) is 0. The van der Waals surface area contributed by atoms with Gasteiger partial charge < -0.3 is 10.2 Å². The molecule has 3 nitrogen and oxygen atoms in total. The average Bonchev–Trinajstić information content (AvgIpc) is 2.17. The van der Waals surface area contributed by atoms with E-state index < -0.39 is 12.1 Å². The minimum Gasteiger partial charge on any atom is -0.481 e. The molecule has 2 atom stereocenters. The predicted octanol–water partition coefficient (Wildman–Crippen LogP) is 1.70. The minimum absolute atomic E-state index is 0.00651. The average molecular weight is 208 g/mol. The van der Waals surface area contributed by atoms with E-state index in [1.807, 2.05) is 30.3 Å². The van der Waals surface area contributed by atoms with E-state index in [0.717, 1.165) is 5.56 Å². The third-order valence-corrected chi connectivity index (χ3v) is 2.46. The molecule has 0 radical (unpaired) electrons. The van der Waals surface area contributed by atoms with Gasteiger partial charge in [0.25, 0.3) is 0 Å². The van der Waals surface area contributed by atoms with Gasteiger partial charge in [0.05, 0.1) is 12.5 Å². The first kappa shape index (κ1) is 11.7. The molecular weight excluding hydrogens is 192 g/mol. The van der Waals surface area contributed by atoms with Crippen LogP contribution in [0.25, 0.3) is 0 Å². The van der Waals surface area contributed by atoms with Crippen LogP contribution in [0.2, 0.25) is 0 Å². The summed E-state index contributed by atoms with van der Waals surface area (Å²) in [5.74, 6) is -1.08. The molecule has 82 valence electrons. The van der Waals surface area contributed by atoms with Crippen molar-refractivity contribution >= 4 is 5.97 Å². The molecule has 2 N–H and O–H groups in total. The standard InChI is InChI=1S/C12H16O3/c1-9(13)11(8-12(14)15)7-10-5-3-2-4-6-10/h2-6,9,11,13H,7-8H2,1H3,(H,14,15). The van der Waals surface area contributed by atoms with Gasteiger partial charge >= 0.3 is 5.97 Å². The summed E-state index contributed by atoms with van der Waals surface area (Å²) in [5.41, 5.74) is 1.06. The van der Waals surface area contributed by atoms with Gasteiger partial charge in [-0.05, 0) is 24.8 Å².